The molecular formula is C13H7ClN2O2S. The number of hydrogen-bond donors (Lipinski definition) is 0. The second kappa shape index (κ2) is 5.74. The Hall–Kier alpha value is -2.03. The van der Waals surface area contributed by atoms with Crippen LogP contribution in [-0.2, 0) is 0 Å². The van der Waals surface area contributed by atoms with E-state index >= 15 is 0 Å². The molecule has 0 bridgehead atoms. The van der Waals surface area contributed by atoms with E-state index in [1.807, 2.05) is 6.07 Å². The predicted molar refractivity (Wildman–Crippen MR) is 73.4 cm³/mol. The molecule has 0 aliphatic heterocycles. The highest BCUT2D eigenvalue weighted by molar-refractivity contribution is 7.99. The summed E-state index contributed by atoms with van der Waals surface area (Å²) in [7, 11) is 0. The quantitative estimate of drug-likeness (QED) is 0.625. The van der Waals surface area contributed by atoms with E-state index in [0.29, 0.717) is 15.5 Å². The smallest absolute Gasteiger partial charge is 0.258 e. The lowest BCUT2D eigenvalue weighted by molar-refractivity contribution is -0.387. The van der Waals surface area contributed by atoms with Crippen LogP contribution < -0.4 is 0 Å². The van der Waals surface area contributed by atoms with Crippen LogP contribution in [-0.4, -0.2) is 4.92 Å². The molecule has 2 rings (SSSR count). The number of para-hydroxylation sites is 1. The normalized spacial score (nSPS) is 9.89. The lowest BCUT2D eigenvalue weighted by atomic mass is 10.2. The fourth-order valence-corrected chi connectivity index (χ4v) is 2.60. The molecule has 0 aliphatic carbocycles. The molecule has 0 aromatic heterocycles. The Balaban J connectivity index is 2.37. The molecule has 0 spiro atoms. The highest BCUT2D eigenvalue weighted by Crippen LogP contribution is 2.35. The molecule has 0 aliphatic rings. The van der Waals surface area contributed by atoms with E-state index in [2.05, 4.69) is 0 Å². The van der Waals surface area contributed by atoms with Crippen molar-refractivity contribution < 1.29 is 4.92 Å². The molecule has 0 fully saturated rings. The Labute approximate surface area is 118 Å². The van der Waals surface area contributed by atoms with Gasteiger partial charge in [0.05, 0.1) is 20.4 Å². The van der Waals surface area contributed by atoms with Crippen LogP contribution in [0.3, 0.4) is 0 Å². The summed E-state index contributed by atoms with van der Waals surface area (Å²) in [6, 6.07) is 13.4. The van der Waals surface area contributed by atoms with Crippen molar-refractivity contribution in [1.82, 2.24) is 0 Å². The van der Waals surface area contributed by atoms with Gasteiger partial charge in [-0.2, -0.15) is 5.26 Å². The fourth-order valence-electron chi connectivity index (χ4n) is 1.47. The zero-order valence-electron chi connectivity index (χ0n) is 9.54. The Bertz CT molecular complexity index is 683. The molecule has 94 valence electrons. The van der Waals surface area contributed by atoms with Crippen molar-refractivity contribution in [3.8, 4) is 6.07 Å². The third kappa shape index (κ3) is 3.05. The first-order valence-corrected chi connectivity index (χ1v) is 6.42. The zero-order chi connectivity index (χ0) is 13.8. The van der Waals surface area contributed by atoms with Gasteiger partial charge in [-0.3, -0.25) is 10.1 Å². The van der Waals surface area contributed by atoms with E-state index in [1.165, 1.54) is 17.8 Å². The molecule has 0 amide bonds. The van der Waals surface area contributed by atoms with Gasteiger partial charge >= 0.3 is 0 Å². The Morgan fingerprint density at radius 1 is 1.26 bits per heavy atom. The fraction of sp³-hybridized carbons (Fsp3) is 0. The van der Waals surface area contributed by atoms with Crippen LogP contribution in [0.25, 0.3) is 0 Å². The SMILES string of the molecule is N#Cc1cc(Sc2ccccc2[N+](=O)[O-])ccc1Cl. The number of nitro benzene ring substituents is 1. The second-order valence-corrected chi connectivity index (χ2v) is 5.10. The Morgan fingerprint density at radius 2 is 2.00 bits per heavy atom. The maximum absolute atomic E-state index is 10.9. The Morgan fingerprint density at radius 3 is 2.68 bits per heavy atom. The molecule has 2 aromatic rings. The van der Waals surface area contributed by atoms with Gasteiger partial charge in [0.15, 0.2) is 0 Å². The third-order valence-electron chi connectivity index (χ3n) is 2.35. The van der Waals surface area contributed by atoms with Crippen LogP contribution in [0.5, 0.6) is 0 Å². The number of nitriles is 1. The number of nitrogens with zero attached hydrogens (tertiary/aromatic N) is 2. The lowest BCUT2D eigenvalue weighted by Crippen LogP contribution is -1.90. The number of rotatable bonds is 3. The Kier molecular flexibility index (Phi) is 4.05. The molecular weight excluding hydrogens is 284 g/mol. The van der Waals surface area contributed by atoms with Gasteiger partial charge in [0.25, 0.3) is 5.69 Å². The first-order valence-electron chi connectivity index (χ1n) is 5.22. The number of nitro groups is 1. The average Bonchev–Trinajstić information content (AvgIpc) is 2.41. The molecule has 0 heterocycles. The first kappa shape index (κ1) is 13.4. The minimum absolute atomic E-state index is 0.0426. The van der Waals surface area contributed by atoms with Crippen molar-refractivity contribution in [3.05, 3.63) is 63.2 Å². The van der Waals surface area contributed by atoms with Gasteiger partial charge in [-0.1, -0.05) is 35.5 Å². The largest absolute Gasteiger partial charge is 0.283 e. The highest BCUT2D eigenvalue weighted by Gasteiger charge is 2.14. The minimum Gasteiger partial charge on any atom is -0.258 e. The van der Waals surface area contributed by atoms with E-state index in [-0.39, 0.29) is 5.69 Å². The van der Waals surface area contributed by atoms with Gasteiger partial charge in [-0.15, -0.1) is 0 Å². The monoisotopic (exact) mass is 290 g/mol. The van der Waals surface area contributed by atoms with E-state index < -0.39 is 4.92 Å². The number of halogens is 1. The van der Waals surface area contributed by atoms with E-state index in [1.54, 1.807) is 36.4 Å². The summed E-state index contributed by atoms with van der Waals surface area (Å²) in [6.45, 7) is 0. The van der Waals surface area contributed by atoms with Gasteiger partial charge < -0.3 is 0 Å². The van der Waals surface area contributed by atoms with Crippen LogP contribution in [0.2, 0.25) is 5.02 Å². The summed E-state index contributed by atoms with van der Waals surface area (Å²) < 4.78 is 0. The minimum atomic E-state index is -0.427. The van der Waals surface area contributed by atoms with E-state index in [9.17, 15) is 10.1 Å². The second-order valence-electron chi connectivity index (χ2n) is 3.58. The van der Waals surface area contributed by atoms with Crippen molar-refractivity contribution in [2.45, 2.75) is 9.79 Å². The summed E-state index contributed by atoms with van der Waals surface area (Å²) in [4.78, 5) is 11.7. The maximum Gasteiger partial charge on any atom is 0.283 e. The van der Waals surface area contributed by atoms with Gasteiger partial charge in [0.1, 0.15) is 6.07 Å². The molecule has 0 atom stereocenters. The van der Waals surface area contributed by atoms with Gasteiger partial charge in [-0.05, 0) is 24.3 Å². The van der Waals surface area contributed by atoms with Gasteiger partial charge in [0.2, 0.25) is 0 Å². The molecule has 19 heavy (non-hydrogen) atoms. The molecule has 2 aromatic carbocycles. The van der Waals surface area contributed by atoms with Crippen molar-refractivity contribution >= 4 is 29.1 Å². The summed E-state index contributed by atoms with van der Waals surface area (Å²) >= 11 is 7.07. The summed E-state index contributed by atoms with van der Waals surface area (Å²) in [5.74, 6) is 0. The predicted octanol–water partition coefficient (Wildman–Crippen LogP) is 4.27. The number of hydrogen-bond acceptors (Lipinski definition) is 4. The van der Waals surface area contributed by atoms with E-state index in [4.69, 9.17) is 16.9 Å². The summed E-state index contributed by atoms with van der Waals surface area (Å²) in [5.41, 5.74) is 0.395. The van der Waals surface area contributed by atoms with Crippen molar-refractivity contribution in [2.75, 3.05) is 0 Å². The van der Waals surface area contributed by atoms with Crippen LogP contribution >= 0.6 is 23.4 Å². The highest BCUT2D eigenvalue weighted by atomic mass is 35.5. The summed E-state index contributed by atoms with van der Waals surface area (Å²) in [5, 5.41) is 20.2. The molecule has 6 heteroatoms. The maximum atomic E-state index is 10.9. The number of benzene rings is 2. The topological polar surface area (TPSA) is 66.9 Å². The van der Waals surface area contributed by atoms with Crippen LogP contribution in [0, 0.1) is 21.4 Å². The lowest BCUT2D eigenvalue weighted by Gasteiger charge is -2.04. The first-order chi connectivity index (χ1) is 9.11. The molecule has 0 unspecified atom stereocenters. The van der Waals surface area contributed by atoms with Crippen molar-refractivity contribution in [3.63, 3.8) is 0 Å². The third-order valence-corrected chi connectivity index (χ3v) is 3.73. The van der Waals surface area contributed by atoms with Crippen LogP contribution in [0.15, 0.2) is 52.3 Å². The van der Waals surface area contributed by atoms with Gasteiger partial charge in [0, 0.05) is 11.0 Å². The van der Waals surface area contributed by atoms with Crippen molar-refractivity contribution in [1.29, 1.82) is 5.26 Å². The van der Waals surface area contributed by atoms with Crippen LogP contribution in [0.4, 0.5) is 5.69 Å². The average molecular weight is 291 g/mol. The van der Waals surface area contributed by atoms with Gasteiger partial charge in [-0.25, -0.2) is 0 Å². The van der Waals surface area contributed by atoms with Crippen LogP contribution in [0.1, 0.15) is 5.56 Å². The standard InChI is InChI=1S/C13H7ClN2O2S/c14-11-6-5-10(7-9(11)8-15)19-13-4-2-1-3-12(13)16(17)18/h1-7H. The molecule has 0 saturated carbocycles. The molecule has 0 saturated heterocycles. The molecule has 0 N–H and O–H groups in total. The molecule has 4 nitrogen and oxygen atoms in total. The summed E-state index contributed by atoms with van der Waals surface area (Å²) in [6.07, 6.45) is 0. The zero-order valence-corrected chi connectivity index (χ0v) is 11.1. The van der Waals surface area contributed by atoms with Crippen molar-refractivity contribution in [2.24, 2.45) is 0 Å². The molecule has 0 radical (unpaired) electrons. The van der Waals surface area contributed by atoms with E-state index in [0.717, 1.165) is 4.90 Å².